The number of rotatable bonds is 2. The third kappa shape index (κ3) is 2.16. The Balaban J connectivity index is 2.23. The van der Waals surface area contributed by atoms with Gasteiger partial charge in [0.05, 0.1) is 24.3 Å². The van der Waals surface area contributed by atoms with Gasteiger partial charge in [0.2, 0.25) is 0 Å². The topological polar surface area (TPSA) is 42.4 Å². The van der Waals surface area contributed by atoms with Crippen molar-refractivity contribution >= 4 is 22.5 Å². The molecule has 0 atom stereocenters. The van der Waals surface area contributed by atoms with Gasteiger partial charge in [-0.3, -0.25) is 4.79 Å². The fraction of sp³-hybridized carbons (Fsp3) is 0.375. The van der Waals surface area contributed by atoms with E-state index >= 15 is 0 Å². The number of carbonyl (C=O) groups excluding carboxylic acids is 1. The summed E-state index contributed by atoms with van der Waals surface area (Å²) in [7, 11) is 0. The van der Waals surface area contributed by atoms with Crippen LogP contribution in [0.3, 0.4) is 0 Å². The van der Waals surface area contributed by atoms with Crippen LogP contribution in [0.4, 0.5) is 5.82 Å². The molecule has 4 nitrogen and oxygen atoms in total. The van der Waals surface area contributed by atoms with Crippen molar-refractivity contribution in [2.24, 2.45) is 0 Å². The number of para-hydroxylation sites is 1. The zero-order valence-electron chi connectivity index (χ0n) is 11.8. The van der Waals surface area contributed by atoms with Crippen molar-refractivity contribution < 1.29 is 9.53 Å². The molecule has 1 aliphatic rings. The average molecular weight is 270 g/mol. The highest BCUT2D eigenvalue weighted by atomic mass is 16.5. The van der Waals surface area contributed by atoms with Crippen LogP contribution in [0.5, 0.6) is 0 Å². The predicted molar refractivity (Wildman–Crippen MR) is 79.5 cm³/mol. The van der Waals surface area contributed by atoms with Gasteiger partial charge >= 0.3 is 0 Å². The van der Waals surface area contributed by atoms with Crippen LogP contribution >= 0.6 is 0 Å². The summed E-state index contributed by atoms with van der Waals surface area (Å²) in [6.07, 6.45) is 0. The molecule has 2 aromatic rings. The van der Waals surface area contributed by atoms with Gasteiger partial charge in [0.25, 0.3) is 0 Å². The minimum absolute atomic E-state index is 0.0715. The first-order valence-corrected chi connectivity index (χ1v) is 6.91. The van der Waals surface area contributed by atoms with E-state index in [1.54, 1.807) is 6.92 Å². The number of anilines is 1. The molecule has 0 amide bonds. The number of hydrogen-bond donors (Lipinski definition) is 0. The number of Topliss-reactive ketones (excluding diaryl/α,β-unsaturated/α-hetero) is 1. The lowest BCUT2D eigenvalue weighted by molar-refractivity contribution is 0.101. The van der Waals surface area contributed by atoms with Crippen molar-refractivity contribution in [2.45, 2.75) is 13.8 Å². The lowest BCUT2D eigenvalue weighted by Gasteiger charge is -2.30. The molecule has 1 aromatic carbocycles. The van der Waals surface area contributed by atoms with Crippen molar-refractivity contribution in [3.05, 3.63) is 35.4 Å². The zero-order valence-corrected chi connectivity index (χ0v) is 11.8. The number of carbonyl (C=O) groups is 1. The van der Waals surface area contributed by atoms with Crippen LogP contribution in [0.25, 0.3) is 10.9 Å². The Hall–Kier alpha value is -1.94. The SMILES string of the molecule is CC(=O)c1c(N2CCOCC2)nc2ccccc2c1C. The molecule has 1 aromatic heterocycles. The van der Waals surface area contributed by atoms with E-state index in [4.69, 9.17) is 9.72 Å². The van der Waals surface area contributed by atoms with Crippen LogP contribution in [0.1, 0.15) is 22.8 Å². The lowest BCUT2D eigenvalue weighted by atomic mass is 10.0. The molecule has 0 saturated carbocycles. The van der Waals surface area contributed by atoms with Crippen LogP contribution < -0.4 is 4.90 Å². The Labute approximate surface area is 118 Å². The van der Waals surface area contributed by atoms with Gasteiger partial charge in [-0.05, 0) is 25.5 Å². The maximum atomic E-state index is 12.1. The molecule has 4 heteroatoms. The molecule has 1 fully saturated rings. The zero-order chi connectivity index (χ0) is 14.1. The Kier molecular flexibility index (Phi) is 3.40. The third-order valence-corrected chi connectivity index (χ3v) is 3.80. The average Bonchev–Trinajstić information content (AvgIpc) is 2.47. The van der Waals surface area contributed by atoms with Gasteiger partial charge in [0, 0.05) is 18.5 Å². The summed E-state index contributed by atoms with van der Waals surface area (Å²) in [4.78, 5) is 19.0. The number of hydrogen-bond acceptors (Lipinski definition) is 4. The van der Waals surface area contributed by atoms with Crippen LogP contribution in [0, 0.1) is 6.92 Å². The molecule has 1 saturated heterocycles. The summed E-state index contributed by atoms with van der Waals surface area (Å²) in [6.45, 7) is 6.55. The van der Waals surface area contributed by atoms with E-state index in [0.29, 0.717) is 13.2 Å². The Morgan fingerprint density at radius 2 is 1.95 bits per heavy atom. The standard InChI is InChI=1S/C16H18N2O2/c1-11-13-5-3-4-6-14(13)17-16(15(11)12(2)19)18-7-9-20-10-8-18/h3-6H,7-10H2,1-2H3. The van der Waals surface area contributed by atoms with Gasteiger partial charge in [-0.25, -0.2) is 4.98 Å². The summed E-state index contributed by atoms with van der Waals surface area (Å²) in [5.41, 5.74) is 2.70. The van der Waals surface area contributed by atoms with Crippen molar-refractivity contribution in [2.75, 3.05) is 31.2 Å². The maximum absolute atomic E-state index is 12.1. The molecule has 0 radical (unpaired) electrons. The van der Waals surface area contributed by atoms with Crippen molar-refractivity contribution in [1.29, 1.82) is 0 Å². The molecule has 0 aliphatic carbocycles. The first-order valence-electron chi connectivity index (χ1n) is 6.91. The van der Waals surface area contributed by atoms with Gasteiger partial charge in [0.15, 0.2) is 5.78 Å². The number of morpholine rings is 1. The molecule has 1 aliphatic heterocycles. The van der Waals surface area contributed by atoms with E-state index in [1.807, 2.05) is 31.2 Å². The second-order valence-corrected chi connectivity index (χ2v) is 5.11. The van der Waals surface area contributed by atoms with E-state index in [1.165, 1.54) is 0 Å². The summed E-state index contributed by atoms with van der Waals surface area (Å²) >= 11 is 0. The van der Waals surface area contributed by atoms with Gasteiger partial charge in [-0.2, -0.15) is 0 Å². The quantitative estimate of drug-likeness (QED) is 0.787. The minimum atomic E-state index is 0.0715. The smallest absolute Gasteiger partial charge is 0.163 e. The summed E-state index contributed by atoms with van der Waals surface area (Å²) < 4.78 is 5.38. The number of aryl methyl sites for hydroxylation is 1. The number of ether oxygens (including phenoxy) is 1. The normalized spacial score (nSPS) is 15.6. The monoisotopic (exact) mass is 270 g/mol. The number of pyridine rings is 1. The molecule has 3 rings (SSSR count). The van der Waals surface area contributed by atoms with Crippen LogP contribution in [-0.4, -0.2) is 37.1 Å². The second kappa shape index (κ2) is 5.21. The fourth-order valence-corrected chi connectivity index (χ4v) is 2.79. The molecule has 0 unspecified atom stereocenters. The number of benzene rings is 1. The minimum Gasteiger partial charge on any atom is -0.378 e. The van der Waals surface area contributed by atoms with Crippen LogP contribution in [0.2, 0.25) is 0 Å². The van der Waals surface area contributed by atoms with E-state index < -0.39 is 0 Å². The molecule has 0 N–H and O–H groups in total. The number of fused-ring (bicyclic) bond motifs is 1. The predicted octanol–water partition coefficient (Wildman–Crippen LogP) is 2.58. The number of aromatic nitrogens is 1. The van der Waals surface area contributed by atoms with E-state index in [-0.39, 0.29) is 5.78 Å². The Morgan fingerprint density at radius 3 is 2.65 bits per heavy atom. The molecule has 0 spiro atoms. The van der Waals surface area contributed by atoms with Gasteiger partial charge in [-0.1, -0.05) is 18.2 Å². The summed E-state index contributed by atoms with van der Waals surface area (Å²) in [5.74, 6) is 0.874. The molecule has 0 bridgehead atoms. The van der Waals surface area contributed by atoms with E-state index in [2.05, 4.69) is 4.90 Å². The number of ketones is 1. The molecular weight excluding hydrogens is 252 g/mol. The number of nitrogens with zero attached hydrogens (tertiary/aromatic N) is 2. The third-order valence-electron chi connectivity index (χ3n) is 3.80. The van der Waals surface area contributed by atoms with Gasteiger partial charge in [0.1, 0.15) is 5.82 Å². The largest absolute Gasteiger partial charge is 0.378 e. The van der Waals surface area contributed by atoms with Crippen LogP contribution in [-0.2, 0) is 4.74 Å². The molecule has 2 heterocycles. The van der Waals surface area contributed by atoms with Gasteiger partial charge < -0.3 is 9.64 Å². The van der Waals surface area contributed by atoms with Gasteiger partial charge in [-0.15, -0.1) is 0 Å². The highest BCUT2D eigenvalue weighted by Crippen LogP contribution is 2.29. The lowest BCUT2D eigenvalue weighted by Crippen LogP contribution is -2.37. The summed E-state index contributed by atoms with van der Waals surface area (Å²) in [6, 6.07) is 7.98. The first kappa shape index (κ1) is 13.1. The first-order chi connectivity index (χ1) is 9.68. The van der Waals surface area contributed by atoms with Crippen LogP contribution in [0.15, 0.2) is 24.3 Å². The fourth-order valence-electron chi connectivity index (χ4n) is 2.79. The van der Waals surface area contributed by atoms with E-state index in [9.17, 15) is 4.79 Å². The van der Waals surface area contributed by atoms with Crippen molar-refractivity contribution in [1.82, 2.24) is 4.98 Å². The maximum Gasteiger partial charge on any atom is 0.163 e. The Bertz CT molecular complexity index is 661. The second-order valence-electron chi connectivity index (χ2n) is 5.11. The van der Waals surface area contributed by atoms with E-state index in [0.717, 1.165) is 40.9 Å². The highest BCUT2D eigenvalue weighted by molar-refractivity contribution is 6.04. The summed E-state index contributed by atoms with van der Waals surface area (Å²) in [5, 5.41) is 1.05. The highest BCUT2D eigenvalue weighted by Gasteiger charge is 2.21. The van der Waals surface area contributed by atoms with Crippen molar-refractivity contribution in [3.63, 3.8) is 0 Å². The Morgan fingerprint density at radius 1 is 1.25 bits per heavy atom. The molecule has 104 valence electrons. The molecule has 20 heavy (non-hydrogen) atoms. The van der Waals surface area contributed by atoms with Crippen molar-refractivity contribution in [3.8, 4) is 0 Å². The molecular formula is C16H18N2O2.